The molecule has 0 aliphatic rings. The van der Waals surface area contributed by atoms with Gasteiger partial charge in [-0.05, 0) is 116 Å². The molecule has 6 heteroatoms. The second-order valence-electron chi connectivity index (χ2n) is 9.57. The van der Waals surface area contributed by atoms with Crippen LogP contribution in [0.15, 0.2) is 109 Å². The average Bonchev–Trinajstić information content (AvgIpc) is 3.30. The van der Waals surface area contributed by atoms with Gasteiger partial charge in [0.2, 0.25) is 0 Å². The van der Waals surface area contributed by atoms with E-state index in [9.17, 15) is 23.2 Å². The van der Waals surface area contributed by atoms with Gasteiger partial charge in [-0.3, -0.25) is 14.4 Å². The third kappa shape index (κ3) is 4.39. The third-order valence-corrected chi connectivity index (χ3v) is 7.03. The molecule has 0 spiro atoms. The van der Waals surface area contributed by atoms with Gasteiger partial charge in [-0.1, -0.05) is 0 Å². The highest BCUT2D eigenvalue weighted by Crippen LogP contribution is 2.34. The van der Waals surface area contributed by atoms with E-state index in [2.05, 4.69) is 0 Å². The van der Waals surface area contributed by atoms with Crippen LogP contribution < -0.4 is 0 Å². The normalized spacial score (nSPS) is 11.2. The Morgan fingerprint density at radius 1 is 0.500 bits per heavy atom. The standard InChI is InChI=1S/C34H21F2NO3/c1-20(38)21-6-14-28(15-7-21)37-31-16-8-24(33(39)22-2-10-26(35)11-3-22)18-29(31)30-19-25(9-17-32(30)37)34(40)23-4-12-27(36)13-5-23/h2-19H,1H3. The summed E-state index contributed by atoms with van der Waals surface area (Å²) in [4.78, 5) is 38.3. The Hall–Kier alpha value is -5.23. The SMILES string of the molecule is CC(=O)c1ccc(-n2c3ccc(C(=O)c4ccc(F)cc4)cc3c3cc(C(=O)c4ccc(F)cc4)ccc32)cc1. The number of halogens is 2. The smallest absolute Gasteiger partial charge is 0.193 e. The van der Waals surface area contributed by atoms with Crippen LogP contribution in [0.2, 0.25) is 0 Å². The largest absolute Gasteiger partial charge is 0.309 e. The number of carbonyl (C=O) groups is 3. The van der Waals surface area contributed by atoms with E-state index in [-0.39, 0.29) is 17.3 Å². The van der Waals surface area contributed by atoms with E-state index in [1.165, 1.54) is 55.5 Å². The van der Waals surface area contributed by atoms with Crippen LogP contribution in [0.1, 0.15) is 49.1 Å². The van der Waals surface area contributed by atoms with Gasteiger partial charge in [0.25, 0.3) is 0 Å². The fourth-order valence-electron chi connectivity index (χ4n) is 4.97. The molecule has 0 fully saturated rings. The molecule has 194 valence electrons. The number of hydrogen-bond donors (Lipinski definition) is 0. The van der Waals surface area contributed by atoms with Crippen LogP contribution in [0.4, 0.5) is 8.78 Å². The predicted octanol–water partition coefficient (Wildman–Crippen LogP) is 7.73. The van der Waals surface area contributed by atoms with Gasteiger partial charge in [0, 0.05) is 44.3 Å². The summed E-state index contributed by atoms with van der Waals surface area (Å²) in [5.41, 5.74) is 4.54. The summed E-state index contributed by atoms with van der Waals surface area (Å²) in [6.07, 6.45) is 0. The second-order valence-corrected chi connectivity index (χ2v) is 9.57. The molecule has 0 aliphatic carbocycles. The summed E-state index contributed by atoms with van der Waals surface area (Å²) in [5, 5.41) is 1.49. The maximum atomic E-state index is 13.4. The number of aromatic nitrogens is 1. The molecule has 1 aromatic heterocycles. The van der Waals surface area contributed by atoms with Crippen molar-refractivity contribution in [2.75, 3.05) is 0 Å². The topological polar surface area (TPSA) is 56.1 Å². The quantitative estimate of drug-likeness (QED) is 0.208. The van der Waals surface area contributed by atoms with Gasteiger partial charge < -0.3 is 4.57 Å². The number of fused-ring (bicyclic) bond motifs is 3. The highest BCUT2D eigenvalue weighted by molar-refractivity contribution is 6.17. The van der Waals surface area contributed by atoms with Gasteiger partial charge in [-0.2, -0.15) is 0 Å². The molecule has 4 nitrogen and oxygen atoms in total. The number of nitrogens with zero attached hydrogens (tertiary/aromatic N) is 1. The van der Waals surface area contributed by atoms with Crippen LogP contribution >= 0.6 is 0 Å². The minimum absolute atomic E-state index is 0.0401. The van der Waals surface area contributed by atoms with Crippen LogP contribution in [0, 0.1) is 11.6 Å². The van der Waals surface area contributed by atoms with Crippen LogP contribution in [0.3, 0.4) is 0 Å². The van der Waals surface area contributed by atoms with Crippen molar-refractivity contribution in [3.63, 3.8) is 0 Å². The van der Waals surface area contributed by atoms with Gasteiger partial charge in [0.05, 0.1) is 11.0 Å². The van der Waals surface area contributed by atoms with Gasteiger partial charge in [0.15, 0.2) is 17.3 Å². The lowest BCUT2D eigenvalue weighted by Gasteiger charge is -2.09. The van der Waals surface area contributed by atoms with E-state index in [0.29, 0.717) is 27.8 Å². The van der Waals surface area contributed by atoms with Crippen molar-refractivity contribution in [1.29, 1.82) is 0 Å². The molecule has 0 aliphatic heterocycles. The second kappa shape index (κ2) is 9.82. The molecular formula is C34H21F2NO3. The van der Waals surface area contributed by atoms with E-state index in [1.54, 1.807) is 36.4 Å². The molecule has 6 aromatic rings. The van der Waals surface area contributed by atoms with Gasteiger partial charge in [-0.25, -0.2) is 8.78 Å². The van der Waals surface area contributed by atoms with Crippen molar-refractivity contribution in [3.05, 3.63) is 149 Å². The Balaban J connectivity index is 1.55. The highest BCUT2D eigenvalue weighted by Gasteiger charge is 2.18. The Morgan fingerprint density at radius 2 is 0.875 bits per heavy atom. The zero-order chi connectivity index (χ0) is 28.0. The van der Waals surface area contributed by atoms with Crippen LogP contribution in [-0.2, 0) is 0 Å². The van der Waals surface area contributed by atoms with Crippen molar-refractivity contribution in [2.45, 2.75) is 6.92 Å². The fourth-order valence-corrected chi connectivity index (χ4v) is 4.97. The molecule has 0 radical (unpaired) electrons. The van der Waals surface area contributed by atoms with Crippen LogP contribution in [0.5, 0.6) is 0 Å². The summed E-state index contributed by atoms with van der Waals surface area (Å²) >= 11 is 0. The Morgan fingerprint density at radius 3 is 1.27 bits per heavy atom. The number of carbonyl (C=O) groups excluding carboxylic acids is 3. The fraction of sp³-hybridized carbons (Fsp3) is 0.0294. The summed E-state index contributed by atoms with van der Waals surface area (Å²) in [5.74, 6) is -1.41. The molecule has 5 aromatic carbocycles. The van der Waals surface area contributed by atoms with E-state index >= 15 is 0 Å². The molecule has 40 heavy (non-hydrogen) atoms. The molecule has 0 N–H and O–H groups in total. The lowest BCUT2D eigenvalue weighted by molar-refractivity contribution is 0.101. The Labute approximate surface area is 228 Å². The number of benzene rings is 5. The third-order valence-electron chi connectivity index (χ3n) is 7.03. The molecule has 6 rings (SSSR count). The molecule has 0 atom stereocenters. The molecule has 0 bridgehead atoms. The first-order chi connectivity index (χ1) is 19.3. The minimum Gasteiger partial charge on any atom is -0.309 e. The van der Waals surface area contributed by atoms with Gasteiger partial charge >= 0.3 is 0 Å². The monoisotopic (exact) mass is 529 g/mol. The molecule has 0 saturated carbocycles. The lowest BCUT2D eigenvalue weighted by Crippen LogP contribution is -2.01. The molecule has 0 saturated heterocycles. The summed E-state index contributed by atoms with van der Waals surface area (Å²) < 4.78 is 28.9. The van der Waals surface area contributed by atoms with Crippen LogP contribution in [-0.4, -0.2) is 21.9 Å². The minimum atomic E-state index is -0.427. The van der Waals surface area contributed by atoms with Crippen molar-refractivity contribution < 1.29 is 23.2 Å². The maximum Gasteiger partial charge on any atom is 0.193 e. The summed E-state index contributed by atoms with van der Waals surface area (Å²) in [6, 6.07) is 28.7. The van der Waals surface area contributed by atoms with Crippen molar-refractivity contribution >= 4 is 39.2 Å². The summed E-state index contributed by atoms with van der Waals surface area (Å²) in [7, 11) is 0. The van der Waals surface area contributed by atoms with E-state index in [1.807, 2.05) is 28.8 Å². The van der Waals surface area contributed by atoms with Crippen molar-refractivity contribution in [3.8, 4) is 5.69 Å². The Bertz CT molecular complexity index is 1840. The summed E-state index contributed by atoms with van der Waals surface area (Å²) in [6.45, 7) is 1.51. The first kappa shape index (κ1) is 25.1. The lowest BCUT2D eigenvalue weighted by atomic mass is 9.99. The zero-order valence-electron chi connectivity index (χ0n) is 21.3. The first-order valence-electron chi connectivity index (χ1n) is 12.6. The maximum absolute atomic E-state index is 13.4. The van der Waals surface area contributed by atoms with E-state index in [0.717, 1.165) is 27.5 Å². The molecular weight excluding hydrogens is 508 g/mol. The van der Waals surface area contributed by atoms with Crippen molar-refractivity contribution in [1.82, 2.24) is 4.57 Å². The molecule has 0 amide bonds. The molecule has 1 heterocycles. The first-order valence-corrected chi connectivity index (χ1v) is 12.6. The Kier molecular flexibility index (Phi) is 6.15. The van der Waals surface area contributed by atoms with Crippen LogP contribution in [0.25, 0.3) is 27.5 Å². The number of Topliss-reactive ketones (excluding diaryl/α,β-unsaturated/α-hetero) is 1. The average molecular weight is 530 g/mol. The van der Waals surface area contributed by atoms with Crippen molar-refractivity contribution in [2.24, 2.45) is 0 Å². The number of ketones is 3. The molecule has 0 unspecified atom stereocenters. The van der Waals surface area contributed by atoms with Gasteiger partial charge in [0.1, 0.15) is 11.6 Å². The predicted molar refractivity (Wildman–Crippen MR) is 150 cm³/mol. The number of rotatable bonds is 6. The van der Waals surface area contributed by atoms with E-state index < -0.39 is 11.6 Å². The highest BCUT2D eigenvalue weighted by atomic mass is 19.1. The number of hydrogen-bond acceptors (Lipinski definition) is 3. The zero-order valence-corrected chi connectivity index (χ0v) is 21.3. The van der Waals surface area contributed by atoms with Gasteiger partial charge in [-0.15, -0.1) is 0 Å². The van der Waals surface area contributed by atoms with E-state index in [4.69, 9.17) is 0 Å².